The van der Waals surface area contributed by atoms with Gasteiger partial charge >= 0.3 is 5.97 Å². The van der Waals surface area contributed by atoms with E-state index in [0.717, 1.165) is 22.6 Å². The molecule has 0 fully saturated rings. The maximum Gasteiger partial charge on any atom is 0.331 e. The molecule has 1 aliphatic carbocycles. The summed E-state index contributed by atoms with van der Waals surface area (Å²) in [6, 6.07) is 4.19. The summed E-state index contributed by atoms with van der Waals surface area (Å²) in [6.07, 6.45) is 3.09. The minimum absolute atomic E-state index is 0.0225. The van der Waals surface area contributed by atoms with Crippen molar-refractivity contribution in [2.24, 2.45) is 5.92 Å². The van der Waals surface area contributed by atoms with E-state index in [1.165, 1.54) is 0 Å². The van der Waals surface area contributed by atoms with Crippen molar-refractivity contribution in [3.8, 4) is 11.5 Å². The molecule has 0 spiro atoms. The molecule has 25 heavy (non-hydrogen) atoms. The number of rotatable bonds is 2. The molecule has 0 aromatic heterocycles. The summed E-state index contributed by atoms with van der Waals surface area (Å²) >= 11 is 0. The summed E-state index contributed by atoms with van der Waals surface area (Å²) in [7, 11) is 1.67. The van der Waals surface area contributed by atoms with Gasteiger partial charge in [-0.1, -0.05) is 26.8 Å². The summed E-state index contributed by atoms with van der Waals surface area (Å²) in [4.78, 5) is 11.5. The fourth-order valence-corrected chi connectivity index (χ4v) is 4.15. The third-order valence-corrected chi connectivity index (χ3v) is 5.65. The fraction of sp³-hybridized carbons (Fsp3) is 0.571. The lowest BCUT2D eigenvalue weighted by atomic mass is 9.66. The minimum atomic E-state index is -0.824. The minimum Gasteiger partial charge on any atom is -0.496 e. The maximum atomic E-state index is 11.5. The molecule has 1 N–H and O–H groups in total. The molecule has 0 saturated heterocycles. The van der Waals surface area contributed by atoms with Crippen LogP contribution in [0.5, 0.6) is 11.5 Å². The van der Waals surface area contributed by atoms with Crippen LogP contribution in [0.25, 0.3) is 0 Å². The smallest absolute Gasteiger partial charge is 0.331 e. The van der Waals surface area contributed by atoms with E-state index in [-0.39, 0.29) is 22.9 Å². The molecule has 2 aliphatic rings. The van der Waals surface area contributed by atoms with Crippen LogP contribution in [0.15, 0.2) is 23.8 Å². The molecule has 0 amide bonds. The van der Waals surface area contributed by atoms with Crippen LogP contribution in [0.1, 0.15) is 64.5 Å². The number of carboxylic acid groups (broad SMARTS) is 1. The average Bonchev–Trinajstić information content (AvgIpc) is 2.51. The van der Waals surface area contributed by atoms with E-state index < -0.39 is 5.97 Å². The lowest BCUT2D eigenvalue weighted by Gasteiger charge is -2.47. The quantitative estimate of drug-likeness (QED) is 0.847. The number of aliphatic carboxylic acids is 1. The van der Waals surface area contributed by atoms with Crippen molar-refractivity contribution in [1.29, 1.82) is 0 Å². The van der Waals surface area contributed by atoms with Crippen molar-refractivity contribution in [3.05, 3.63) is 34.9 Å². The predicted molar refractivity (Wildman–Crippen MR) is 97.6 cm³/mol. The van der Waals surface area contributed by atoms with Gasteiger partial charge in [0.05, 0.1) is 7.11 Å². The van der Waals surface area contributed by atoms with Gasteiger partial charge in [-0.25, -0.2) is 4.79 Å². The van der Waals surface area contributed by atoms with Crippen LogP contribution in [0.4, 0.5) is 0 Å². The highest BCUT2D eigenvalue weighted by Gasteiger charge is 2.47. The van der Waals surface area contributed by atoms with Gasteiger partial charge < -0.3 is 14.6 Å². The highest BCUT2D eigenvalue weighted by atomic mass is 16.5. The van der Waals surface area contributed by atoms with E-state index in [4.69, 9.17) is 9.47 Å². The van der Waals surface area contributed by atoms with Gasteiger partial charge in [0.2, 0.25) is 0 Å². The van der Waals surface area contributed by atoms with E-state index in [9.17, 15) is 9.90 Å². The number of carbonyl (C=O) groups is 1. The van der Waals surface area contributed by atoms with E-state index in [1.807, 2.05) is 6.08 Å². The molecule has 3 rings (SSSR count). The van der Waals surface area contributed by atoms with Gasteiger partial charge in [0.15, 0.2) is 0 Å². The molecule has 4 heteroatoms. The van der Waals surface area contributed by atoms with Gasteiger partial charge in [-0.15, -0.1) is 0 Å². The van der Waals surface area contributed by atoms with Crippen molar-refractivity contribution < 1.29 is 19.4 Å². The topological polar surface area (TPSA) is 55.8 Å². The number of methoxy groups -OCH3 is 1. The molecule has 0 saturated carbocycles. The van der Waals surface area contributed by atoms with E-state index >= 15 is 0 Å². The molecule has 4 nitrogen and oxygen atoms in total. The normalized spacial score (nSPS) is 24.5. The third-order valence-electron chi connectivity index (χ3n) is 5.65. The summed E-state index contributed by atoms with van der Waals surface area (Å²) < 4.78 is 12.1. The number of benzene rings is 1. The molecule has 0 unspecified atom stereocenters. The monoisotopic (exact) mass is 344 g/mol. The summed E-state index contributed by atoms with van der Waals surface area (Å²) in [5.74, 6) is 1.15. The Bertz CT molecular complexity index is 737. The third kappa shape index (κ3) is 3.03. The van der Waals surface area contributed by atoms with Crippen LogP contribution in [-0.4, -0.2) is 23.8 Å². The van der Waals surface area contributed by atoms with Gasteiger partial charge in [-0.3, -0.25) is 0 Å². The lowest BCUT2D eigenvalue weighted by Crippen LogP contribution is -2.46. The molecule has 1 heterocycles. The molecular weight excluding hydrogens is 316 g/mol. The average molecular weight is 344 g/mol. The van der Waals surface area contributed by atoms with Crippen LogP contribution in [0.3, 0.4) is 0 Å². The van der Waals surface area contributed by atoms with Gasteiger partial charge in [0, 0.05) is 23.0 Å². The Morgan fingerprint density at radius 3 is 2.56 bits per heavy atom. The van der Waals surface area contributed by atoms with Crippen molar-refractivity contribution in [1.82, 2.24) is 0 Å². The van der Waals surface area contributed by atoms with Crippen molar-refractivity contribution in [2.75, 3.05) is 7.11 Å². The van der Waals surface area contributed by atoms with Crippen LogP contribution in [0, 0.1) is 5.92 Å². The Hall–Kier alpha value is -1.97. The van der Waals surface area contributed by atoms with Gasteiger partial charge in [-0.2, -0.15) is 0 Å². The second kappa shape index (κ2) is 5.79. The molecule has 136 valence electrons. The number of hydrogen-bond donors (Lipinski definition) is 1. The molecule has 1 aliphatic heterocycles. The summed E-state index contributed by atoms with van der Waals surface area (Å²) in [6.45, 7) is 10.7. The zero-order valence-electron chi connectivity index (χ0n) is 16.0. The van der Waals surface area contributed by atoms with Crippen molar-refractivity contribution >= 4 is 5.97 Å². The van der Waals surface area contributed by atoms with Crippen LogP contribution >= 0.6 is 0 Å². The zero-order chi connectivity index (χ0) is 18.6. The molecule has 1 aromatic carbocycles. The van der Waals surface area contributed by atoms with E-state index in [0.29, 0.717) is 18.4 Å². The Kier molecular flexibility index (Phi) is 4.13. The lowest BCUT2D eigenvalue weighted by molar-refractivity contribution is -0.133. The second-order valence-electron chi connectivity index (χ2n) is 8.73. The number of allylic oxidation sites excluding steroid dienone is 1. The number of ether oxygens (including phenoxy) is 2. The number of carboxylic acids is 1. The number of fused-ring (bicyclic) bond motifs is 3. The van der Waals surface area contributed by atoms with Gasteiger partial charge in [0.25, 0.3) is 0 Å². The first-order chi connectivity index (χ1) is 11.5. The maximum absolute atomic E-state index is 11.5. The zero-order valence-corrected chi connectivity index (χ0v) is 16.0. The molecule has 0 radical (unpaired) electrons. The summed E-state index contributed by atoms with van der Waals surface area (Å²) in [5, 5.41) is 9.45. The first kappa shape index (κ1) is 17.8. The Morgan fingerprint density at radius 2 is 2.00 bits per heavy atom. The van der Waals surface area contributed by atoms with Gasteiger partial charge in [0.1, 0.15) is 17.1 Å². The SMILES string of the molecule is COc1cc(C(C)(C)C)cc2c1[C@@H]1CC(C(=O)O)=CC[C@H]1C(C)(C)O2. The van der Waals surface area contributed by atoms with Crippen LogP contribution < -0.4 is 9.47 Å². The highest BCUT2D eigenvalue weighted by Crippen LogP contribution is 2.55. The van der Waals surface area contributed by atoms with Crippen LogP contribution in [-0.2, 0) is 10.2 Å². The fourth-order valence-electron chi connectivity index (χ4n) is 4.15. The largest absolute Gasteiger partial charge is 0.496 e. The summed E-state index contributed by atoms with van der Waals surface area (Å²) in [5.41, 5.74) is 2.30. The molecule has 1 aromatic rings. The highest BCUT2D eigenvalue weighted by molar-refractivity contribution is 5.87. The Morgan fingerprint density at radius 1 is 1.32 bits per heavy atom. The second-order valence-corrected chi connectivity index (χ2v) is 8.73. The molecular formula is C21H28O4. The van der Waals surface area contributed by atoms with Crippen LogP contribution in [0.2, 0.25) is 0 Å². The standard InChI is InChI=1S/C21H28O4/c1-20(2,3)13-10-16(24-6)18-14-9-12(19(22)23)7-8-15(14)21(4,5)25-17(18)11-13/h7,10-11,14-15H,8-9H2,1-6H3,(H,22,23)/t14-,15-/m1/s1. The molecule has 2 atom stereocenters. The molecule has 0 bridgehead atoms. The predicted octanol–water partition coefficient (Wildman–Crippen LogP) is 4.67. The number of hydrogen-bond acceptors (Lipinski definition) is 3. The van der Waals surface area contributed by atoms with Gasteiger partial charge in [-0.05, 0) is 49.8 Å². The first-order valence-corrected chi connectivity index (χ1v) is 8.88. The van der Waals surface area contributed by atoms with E-state index in [1.54, 1.807) is 7.11 Å². The van der Waals surface area contributed by atoms with Crippen molar-refractivity contribution in [3.63, 3.8) is 0 Å². The Labute approximate surface area is 149 Å². The van der Waals surface area contributed by atoms with Crippen molar-refractivity contribution in [2.45, 2.75) is 64.4 Å². The van der Waals surface area contributed by atoms with E-state index in [2.05, 4.69) is 46.8 Å². The Balaban J connectivity index is 2.17. The first-order valence-electron chi connectivity index (χ1n) is 8.88.